The molecule has 0 atom stereocenters. The van der Waals surface area contributed by atoms with E-state index >= 15 is 0 Å². The lowest BCUT2D eigenvalue weighted by atomic mass is 10.6. The first-order chi connectivity index (χ1) is 6.22. The van der Waals surface area contributed by atoms with Crippen molar-refractivity contribution in [2.75, 3.05) is 11.9 Å². The Kier molecular flexibility index (Phi) is 3.19. The van der Waals surface area contributed by atoms with E-state index < -0.39 is 0 Å². The molecule has 0 radical (unpaired) electrons. The molecular formula is C8H11N3O2. The molecule has 0 aliphatic carbocycles. The summed E-state index contributed by atoms with van der Waals surface area (Å²) >= 11 is 0. The number of amides is 1. The van der Waals surface area contributed by atoms with E-state index in [2.05, 4.69) is 15.3 Å². The van der Waals surface area contributed by atoms with Crippen LogP contribution in [-0.4, -0.2) is 22.5 Å². The van der Waals surface area contributed by atoms with Gasteiger partial charge >= 0.3 is 0 Å². The van der Waals surface area contributed by atoms with E-state index in [4.69, 9.17) is 4.74 Å². The molecule has 1 rings (SSSR count). The third kappa shape index (κ3) is 3.06. The SMILES string of the molecule is CCOc1cnc(NC(C)=O)cn1. The van der Waals surface area contributed by atoms with Crippen molar-refractivity contribution in [2.45, 2.75) is 13.8 Å². The van der Waals surface area contributed by atoms with E-state index in [1.165, 1.54) is 19.3 Å². The smallest absolute Gasteiger partial charge is 0.232 e. The number of carbonyl (C=O) groups excluding carboxylic acids is 1. The number of hydrogen-bond acceptors (Lipinski definition) is 4. The molecule has 1 heterocycles. The molecule has 1 aromatic rings. The van der Waals surface area contributed by atoms with Gasteiger partial charge in [-0.2, -0.15) is 0 Å². The second-order valence-electron chi connectivity index (χ2n) is 2.35. The maximum absolute atomic E-state index is 10.6. The fraction of sp³-hybridized carbons (Fsp3) is 0.375. The van der Waals surface area contributed by atoms with Gasteiger partial charge in [0.05, 0.1) is 19.0 Å². The predicted octanol–water partition coefficient (Wildman–Crippen LogP) is 0.834. The van der Waals surface area contributed by atoms with Crippen molar-refractivity contribution in [3.8, 4) is 5.88 Å². The van der Waals surface area contributed by atoms with Gasteiger partial charge in [-0.1, -0.05) is 0 Å². The van der Waals surface area contributed by atoms with Crippen molar-refractivity contribution in [3.05, 3.63) is 12.4 Å². The standard InChI is InChI=1S/C8H11N3O2/c1-3-13-8-5-9-7(4-10-8)11-6(2)12/h4-5H,3H2,1-2H3,(H,9,11,12). The number of anilines is 1. The largest absolute Gasteiger partial charge is 0.477 e. The molecule has 0 aromatic carbocycles. The molecule has 5 heteroatoms. The van der Waals surface area contributed by atoms with Gasteiger partial charge in [-0.3, -0.25) is 4.79 Å². The van der Waals surface area contributed by atoms with E-state index in [0.29, 0.717) is 18.3 Å². The van der Waals surface area contributed by atoms with E-state index in [1.807, 2.05) is 6.92 Å². The summed E-state index contributed by atoms with van der Waals surface area (Å²) in [6.45, 7) is 3.83. The Bertz CT molecular complexity index is 284. The molecule has 0 fully saturated rings. The first-order valence-corrected chi connectivity index (χ1v) is 3.94. The lowest BCUT2D eigenvalue weighted by molar-refractivity contribution is -0.114. The highest BCUT2D eigenvalue weighted by Crippen LogP contribution is 2.06. The van der Waals surface area contributed by atoms with Crippen molar-refractivity contribution < 1.29 is 9.53 Å². The third-order valence-corrected chi connectivity index (χ3v) is 1.22. The van der Waals surface area contributed by atoms with Gasteiger partial charge in [-0.05, 0) is 6.92 Å². The Morgan fingerprint density at radius 1 is 1.54 bits per heavy atom. The quantitative estimate of drug-likeness (QED) is 0.750. The van der Waals surface area contributed by atoms with Crippen molar-refractivity contribution in [1.29, 1.82) is 0 Å². The molecule has 0 aliphatic heterocycles. The molecule has 0 bridgehead atoms. The highest BCUT2D eigenvalue weighted by atomic mass is 16.5. The van der Waals surface area contributed by atoms with Crippen LogP contribution >= 0.6 is 0 Å². The average Bonchev–Trinajstić information content (AvgIpc) is 2.08. The van der Waals surface area contributed by atoms with Crippen LogP contribution in [0.3, 0.4) is 0 Å². The molecule has 0 saturated carbocycles. The molecule has 1 amide bonds. The summed E-state index contributed by atoms with van der Waals surface area (Å²) in [4.78, 5) is 18.5. The van der Waals surface area contributed by atoms with Crippen LogP contribution in [0.1, 0.15) is 13.8 Å². The van der Waals surface area contributed by atoms with Crippen molar-refractivity contribution in [1.82, 2.24) is 9.97 Å². The second kappa shape index (κ2) is 4.39. The summed E-state index contributed by atoms with van der Waals surface area (Å²) in [5, 5.41) is 2.51. The van der Waals surface area contributed by atoms with Gasteiger partial charge in [0.1, 0.15) is 0 Å². The van der Waals surface area contributed by atoms with Crippen molar-refractivity contribution in [2.24, 2.45) is 0 Å². The number of nitrogens with one attached hydrogen (secondary N) is 1. The van der Waals surface area contributed by atoms with Gasteiger partial charge in [-0.25, -0.2) is 9.97 Å². The summed E-state index contributed by atoms with van der Waals surface area (Å²) in [5.74, 6) is 0.714. The first kappa shape index (κ1) is 9.44. The number of hydrogen-bond donors (Lipinski definition) is 1. The van der Waals surface area contributed by atoms with Gasteiger partial charge in [-0.15, -0.1) is 0 Å². The summed E-state index contributed by atoms with van der Waals surface area (Å²) < 4.78 is 5.08. The summed E-state index contributed by atoms with van der Waals surface area (Å²) in [6, 6.07) is 0. The lowest BCUT2D eigenvalue weighted by Gasteiger charge is -2.02. The van der Waals surface area contributed by atoms with Crippen LogP contribution in [0.25, 0.3) is 0 Å². The van der Waals surface area contributed by atoms with Crippen molar-refractivity contribution in [3.63, 3.8) is 0 Å². The Morgan fingerprint density at radius 2 is 2.31 bits per heavy atom. The highest BCUT2D eigenvalue weighted by molar-refractivity contribution is 5.87. The molecule has 13 heavy (non-hydrogen) atoms. The average molecular weight is 181 g/mol. The third-order valence-electron chi connectivity index (χ3n) is 1.22. The van der Waals surface area contributed by atoms with E-state index in [-0.39, 0.29) is 5.91 Å². The zero-order chi connectivity index (χ0) is 9.68. The zero-order valence-electron chi connectivity index (χ0n) is 7.57. The molecule has 0 aliphatic rings. The van der Waals surface area contributed by atoms with Crippen LogP contribution in [0, 0.1) is 0 Å². The molecule has 0 spiro atoms. The number of rotatable bonds is 3. The normalized spacial score (nSPS) is 9.38. The second-order valence-corrected chi connectivity index (χ2v) is 2.35. The van der Waals surface area contributed by atoms with Crippen LogP contribution in [0.2, 0.25) is 0 Å². The Hall–Kier alpha value is -1.65. The number of carbonyl (C=O) groups is 1. The fourth-order valence-corrected chi connectivity index (χ4v) is 0.784. The predicted molar refractivity (Wildman–Crippen MR) is 47.5 cm³/mol. The maximum Gasteiger partial charge on any atom is 0.232 e. The van der Waals surface area contributed by atoms with Crippen LogP contribution in [0.4, 0.5) is 5.82 Å². The Labute approximate surface area is 76.2 Å². The molecule has 5 nitrogen and oxygen atoms in total. The minimum atomic E-state index is -0.168. The van der Waals surface area contributed by atoms with Gasteiger partial charge in [0.15, 0.2) is 5.82 Å². The molecule has 0 saturated heterocycles. The monoisotopic (exact) mass is 181 g/mol. The molecular weight excluding hydrogens is 170 g/mol. The van der Waals surface area contributed by atoms with Crippen molar-refractivity contribution >= 4 is 11.7 Å². The van der Waals surface area contributed by atoms with Gasteiger partial charge < -0.3 is 10.1 Å². The molecule has 1 aromatic heterocycles. The van der Waals surface area contributed by atoms with Gasteiger partial charge in [0.2, 0.25) is 11.8 Å². The van der Waals surface area contributed by atoms with Gasteiger partial charge in [0.25, 0.3) is 0 Å². The number of nitrogens with zero attached hydrogens (tertiary/aromatic N) is 2. The van der Waals surface area contributed by atoms with Crippen LogP contribution in [0.5, 0.6) is 5.88 Å². The zero-order valence-corrected chi connectivity index (χ0v) is 7.57. The fourth-order valence-electron chi connectivity index (χ4n) is 0.784. The maximum atomic E-state index is 10.6. The molecule has 70 valence electrons. The summed E-state index contributed by atoms with van der Waals surface area (Å²) in [7, 11) is 0. The molecule has 1 N–H and O–H groups in total. The van der Waals surface area contributed by atoms with Crippen LogP contribution in [-0.2, 0) is 4.79 Å². The van der Waals surface area contributed by atoms with E-state index in [0.717, 1.165) is 0 Å². The number of ether oxygens (including phenoxy) is 1. The minimum absolute atomic E-state index is 0.168. The van der Waals surface area contributed by atoms with Crippen LogP contribution in [0.15, 0.2) is 12.4 Å². The molecule has 0 unspecified atom stereocenters. The van der Waals surface area contributed by atoms with E-state index in [9.17, 15) is 4.79 Å². The number of aromatic nitrogens is 2. The lowest BCUT2D eigenvalue weighted by Crippen LogP contribution is -2.07. The first-order valence-electron chi connectivity index (χ1n) is 3.94. The van der Waals surface area contributed by atoms with E-state index in [1.54, 1.807) is 0 Å². The van der Waals surface area contributed by atoms with Crippen LogP contribution < -0.4 is 10.1 Å². The summed E-state index contributed by atoms with van der Waals surface area (Å²) in [6.07, 6.45) is 2.92. The topological polar surface area (TPSA) is 64.1 Å². The summed E-state index contributed by atoms with van der Waals surface area (Å²) in [5.41, 5.74) is 0. The minimum Gasteiger partial charge on any atom is -0.477 e. The highest BCUT2D eigenvalue weighted by Gasteiger charge is 1.98. The Balaban J connectivity index is 2.64. The van der Waals surface area contributed by atoms with Gasteiger partial charge in [0, 0.05) is 6.92 Å². The Morgan fingerprint density at radius 3 is 2.77 bits per heavy atom.